The molecule has 0 aliphatic heterocycles. The lowest BCUT2D eigenvalue weighted by Crippen LogP contribution is -2.17. The van der Waals surface area contributed by atoms with Gasteiger partial charge >= 0.3 is 0 Å². The highest BCUT2D eigenvalue weighted by atomic mass is 32.2. The molecule has 0 fully saturated rings. The Kier molecular flexibility index (Phi) is 4.99. The fraction of sp³-hybridized carbons (Fsp3) is 0.421. The summed E-state index contributed by atoms with van der Waals surface area (Å²) in [5.41, 5.74) is 4.61. The van der Waals surface area contributed by atoms with E-state index in [1.165, 1.54) is 5.69 Å². The molecule has 25 heavy (non-hydrogen) atoms. The molecule has 3 rings (SSSR count). The molecule has 3 aromatic heterocycles. The Balaban J connectivity index is 1.89. The molecule has 5 nitrogen and oxygen atoms in total. The Morgan fingerprint density at radius 2 is 1.92 bits per heavy atom. The third-order valence-corrected chi connectivity index (χ3v) is 5.26. The van der Waals surface area contributed by atoms with Gasteiger partial charge in [-0.15, -0.1) is 0 Å². The Morgan fingerprint density at radius 1 is 1.16 bits per heavy atom. The van der Waals surface area contributed by atoms with Gasteiger partial charge in [-0.05, 0) is 38.8 Å². The second-order valence-electron chi connectivity index (χ2n) is 6.80. The van der Waals surface area contributed by atoms with Gasteiger partial charge in [-0.25, -0.2) is 9.97 Å². The normalized spacial score (nSPS) is 11.6. The van der Waals surface area contributed by atoms with Crippen molar-refractivity contribution in [2.45, 2.75) is 52.1 Å². The van der Waals surface area contributed by atoms with Gasteiger partial charge in [0.2, 0.25) is 0 Å². The molecule has 0 unspecified atom stereocenters. The van der Waals surface area contributed by atoms with E-state index in [-0.39, 0.29) is 5.56 Å². The van der Waals surface area contributed by atoms with E-state index in [4.69, 9.17) is 4.98 Å². The van der Waals surface area contributed by atoms with Gasteiger partial charge in [0, 0.05) is 29.8 Å². The fourth-order valence-corrected chi connectivity index (χ4v) is 3.88. The summed E-state index contributed by atoms with van der Waals surface area (Å²) < 4.78 is 3.91. The number of imidazole rings is 1. The molecule has 0 aliphatic rings. The van der Waals surface area contributed by atoms with E-state index in [0.29, 0.717) is 17.3 Å². The van der Waals surface area contributed by atoms with Crippen molar-refractivity contribution in [3.63, 3.8) is 0 Å². The molecule has 0 amide bonds. The lowest BCUT2D eigenvalue weighted by Gasteiger charge is -2.12. The van der Waals surface area contributed by atoms with Crippen LogP contribution in [0.2, 0.25) is 0 Å². The number of hydrogen-bond acceptors (Lipinski definition) is 4. The zero-order valence-electron chi connectivity index (χ0n) is 15.4. The van der Waals surface area contributed by atoms with Gasteiger partial charge in [-0.3, -0.25) is 9.20 Å². The van der Waals surface area contributed by atoms with Crippen LogP contribution in [0.25, 0.3) is 5.65 Å². The summed E-state index contributed by atoms with van der Waals surface area (Å²) in [6.07, 6.45) is 0. The average molecular weight is 356 g/mol. The van der Waals surface area contributed by atoms with Crippen molar-refractivity contribution in [3.8, 4) is 0 Å². The van der Waals surface area contributed by atoms with Crippen LogP contribution >= 0.6 is 11.8 Å². The Hall–Kier alpha value is -2.08. The number of thioether (sulfide) groups is 1. The minimum atomic E-state index is -0.0309. The molecular weight excluding hydrogens is 332 g/mol. The number of aromatic nitrogens is 4. The zero-order valence-corrected chi connectivity index (χ0v) is 16.2. The first-order chi connectivity index (χ1) is 11.9. The molecule has 0 aromatic carbocycles. The second kappa shape index (κ2) is 7.04. The maximum Gasteiger partial charge on any atom is 0.258 e. The fourth-order valence-electron chi connectivity index (χ4n) is 2.89. The highest BCUT2D eigenvalue weighted by Gasteiger charge is 2.13. The smallest absolute Gasteiger partial charge is 0.258 e. The molecule has 0 radical (unpaired) electrons. The summed E-state index contributed by atoms with van der Waals surface area (Å²) in [7, 11) is 0. The highest BCUT2D eigenvalue weighted by Crippen LogP contribution is 2.25. The third-order valence-electron chi connectivity index (χ3n) is 4.25. The van der Waals surface area contributed by atoms with Crippen molar-refractivity contribution in [1.82, 2.24) is 18.9 Å². The van der Waals surface area contributed by atoms with E-state index < -0.39 is 0 Å². The van der Waals surface area contributed by atoms with Crippen molar-refractivity contribution in [2.75, 3.05) is 0 Å². The first-order valence-electron chi connectivity index (χ1n) is 8.51. The summed E-state index contributed by atoms with van der Waals surface area (Å²) >= 11 is 1.64. The molecule has 0 N–H and O–H groups in total. The summed E-state index contributed by atoms with van der Waals surface area (Å²) in [6.45, 7) is 11.4. The minimum absolute atomic E-state index is 0.0309. The predicted molar refractivity (Wildman–Crippen MR) is 102 cm³/mol. The molecule has 0 spiro atoms. The van der Waals surface area contributed by atoms with Crippen molar-refractivity contribution >= 4 is 17.4 Å². The average Bonchev–Trinajstić information content (AvgIpc) is 2.80. The number of aryl methyl sites for hydroxylation is 2. The van der Waals surface area contributed by atoms with Gasteiger partial charge in [0.05, 0.1) is 11.4 Å². The van der Waals surface area contributed by atoms with Crippen molar-refractivity contribution in [1.29, 1.82) is 0 Å². The van der Waals surface area contributed by atoms with Crippen LogP contribution in [-0.2, 0) is 12.3 Å². The van der Waals surface area contributed by atoms with Crippen LogP contribution in [0.15, 0.2) is 34.2 Å². The number of fused-ring (bicyclic) bond motifs is 1. The SMILES string of the molecule is Cc1nc(SCc2cc(=O)n3c(C)cccc3n2)n(CC(C)C)c1C. The number of hydrogen-bond donors (Lipinski definition) is 0. The molecule has 6 heteroatoms. The standard InChI is InChI=1S/C19H24N4OS/c1-12(2)10-22-15(5)14(4)20-19(22)25-11-16-9-18(24)23-13(3)7-6-8-17(23)21-16/h6-9,12H,10-11H2,1-5H3. The largest absolute Gasteiger partial charge is 0.323 e. The summed E-state index contributed by atoms with van der Waals surface area (Å²) in [4.78, 5) is 21.7. The van der Waals surface area contributed by atoms with Crippen LogP contribution in [0.3, 0.4) is 0 Å². The van der Waals surface area contributed by atoms with Crippen LogP contribution in [0.1, 0.15) is 36.6 Å². The Labute approximate surface area is 152 Å². The van der Waals surface area contributed by atoms with Gasteiger partial charge in [-0.1, -0.05) is 31.7 Å². The van der Waals surface area contributed by atoms with Gasteiger partial charge in [0.15, 0.2) is 5.16 Å². The zero-order chi connectivity index (χ0) is 18.1. The molecule has 3 heterocycles. The quantitative estimate of drug-likeness (QED) is 0.653. The van der Waals surface area contributed by atoms with Gasteiger partial charge in [0.25, 0.3) is 5.56 Å². The van der Waals surface area contributed by atoms with Crippen molar-refractivity contribution in [2.24, 2.45) is 5.92 Å². The molecule has 0 aliphatic carbocycles. The van der Waals surface area contributed by atoms with E-state index in [1.54, 1.807) is 22.2 Å². The van der Waals surface area contributed by atoms with Crippen LogP contribution < -0.4 is 5.56 Å². The van der Waals surface area contributed by atoms with E-state index in [1.807, 2.05) is 32.0 Å². The van der Waals surface area contributed by atoms with Crippen LogP contribution in [-0.4, -0.2) is 18.9 Å². The number of nitrogens with zero attached hydrogens (tertiary/aromatic N) is 4. The van der Waals surface area contributed by atoms with E-state index in [2.05, 4.69) is 30.3 Å². The Morgan fingerprint density at radius 3 is 2.64 bits per heavy atom. The van der Waals surface area contributed by atoms with Crippen LogP contribution in [0.5, 0.6) is 0 Å². The monoisotopic (exact) mass is 356 g/mol. The maximum absolute atomic E-state index is 12.4. The first-order valence-corrected chi connectivity index (χ1v) is 9.50. The molecule has 0 saturated heterocycles. The third kappa shape index (κ3) is 3.63. The molecule has 0 saturated carbocycles. The number of pyridine rings is 1. The van der Waals surface area contributed by atoms with Gasteiger partial charge in [-0.2, -0.15) is 0 Å². The molecule has 3 aromatic rings. The summed E-state index contributed by atoms with van der Waals surface area (Å²) in [6, 6.07) is 7.34. The van der Waals surface area contributed by atoms with Crippen LogP contribution in [0, 0.1) is 26.7 Å². The minimum Gasteiger partial charge on any atom is -0.323 e. The van der Waals surface area contributed by atoms with Crippen molar-refractivity contribution in [3.05, 3.63) is 57.4 Å². The maximum atomic E-state index is 12.4. The molecule has 132 valence electrons. The Bertz CT molecular complexity index is 971. The molecule has 0 atom stereocenters. The molecule has 0 bridgehead atoms. The van der Waals surface area contributed by atoms with E-state index in [0.717, 1.165) is 28.8 Å². The van der Waals surface area contributed by atoms with E-state index >= 15 is 0 Å². The lowest BCUT2D eigenvalue weighted by atomic mass is 10.2. The summed E-state index contributed by atoms with van der Waals surface area (Å²) in [5, 5.41) is 0.995. The molecular formula is C19H24N4OS. The van der Waals surface area contributed by atoms with E-state index in [9.17, 15) is 4.79 Å². The first kappa shape index (κ1) is 17.7. The second-order valence-corrected chi connectivity index (χ2v) is 7.75. The lowest BCUT2D eigenvalue weighted by molar-refractivity contribution is 0.486. The highest BCUT2D eigenvalue weighted by molar-refractivity contribution is 7.98. The van der Waals surface area contributed by atoms with Crippen molar-refractivity contribution < 1.29 is 0 Å². The summed E-state index contributed by atoms with van der Waals surface area (Å²) in [5.74, 6) is 1.19. The number of rotatable bonds is 5. The van der Waals surface area contributed by atoms with Gasteiger partial charge in [0.1, 0.15) is 5.65 Å². The predicted octanol–water partition coefficient (Wildman–Crippen LogP) is 3.76. The van der Waals surface area contributed by atoms with Gasteiger partial charge < -0.3 is 4.57 Å². The van der Waals surface area contributed by atoms with Crippen LogP contribution in [0.4, 0.5) is 0 Å². The topological polar surface area (TPSA) is 52.2 Å².